The van der Waals surface area contributed by atoms with Gasteiger partial charge in [-0.05, 0) is 47.2 Å². The number of nitrogens with zero attached hydrogens (tertiary/aromatic N) is 8. The third-order valence-electron chi connectivity index (χ3n) is 8.10. The summed E-state index contributed by atoms with van der Waals surface area (Å²) < 4.78 is 7.09. The van der Waals surface area contributed by atoms with E-state index in [0.717, 1.165) is 41.8 Å². The van der Waals surface area contributed by atoms with Gasteiger partial charge in [0.15, 0.2) is 11.5 Å². The molecule has 1 saturated heterocycles. The summed E-state index contributed by atoms with van der Waals surface area (Å²) in [6, 6.07) is 14.3. The molecule has 0 aliphatic carbocycles. The number of carbonyl (C=O) groups excluding carboxylic acids is 2. The Morgan fingerprint density at radius 2 is 1.63 bits per heavy atom. The SMILES string of the molecule is CC.CC(=O)N1CCCc2cc(-c3ccc(CNC(=O)c4nc5c(N6CCOCC6)nc(-c6cnc(N)nc6)cn5n4)cc3)ccc21.[CH3-].[Cs+]. The van der Waals surface area contributed by atoms with Gasteiger partial charge in [-0.2, -0.15) is 4.98 Å². The molecule has 0 spiro atoms. The Morgan fingerprint density at radius 1 is 0.939 bits per heavy atom. The third kappa shape index (κ3) is 8.68. The monoisotopic (exact) mass is 782 g/mol. The van der Waals surface area contributed by atoms with Crippen LogP contribution in [0.15, 0.2) is 61.1 Å². The molecule has 250 valence electrons. The standard InChI is InChI=1S/C32H32N10O3.C2H6.CH3.Cs/c1-20(43)41-10-2-3-24-15-23(8-9-27(24)41)22-6-4-21(5-7-22)16-34-31(44)28-38-30-29(40-11-13-45-14-12-40)37-26(19-42(30)39-28)25-17-35-32(33)36-18-25;1-2;;/h4-9,15,17-19H,2-3,10-14,16H2,1H3,(H,34,44)(H2,33,35,36);1-2H3;1H3;/q;;-1;+1. The first-order valence-corrected chi connectivity index (χ1v) is 15.9. The molecule has 1 fully saturated rings. The Kier molecular flexibility index (Phi) is 13.7. The van der Waals surface area contributed by atoms with Gasteiger partial charge in [-0.1, -0.05) is 44.2 Å². The molecule has 49 heavy (non-hydrogen) atoms. The van der Waals surface area contributed by atoms with Gasteiger partial charge in [0.1, 0.15) is 0 Å². The predicted molar refractivity (Wildman–Crippen MR) is 186 cm³/mol. The number of hydrogen-bond acceptors (Lipinski definition) is 10. The fraction of sp³-hybridized carbons (Fsp3) is 0.314. The largest absolute Gasteiger partial charge is 1.00 e. The van der Waals surface area contributed by atoms with Crippen LogP contribution in [0.5, 0.6) is 0 Å². The van der Waals surface area contributed by atoms with Crippen LogP contribution in [0, 0.1) is 7.43 Å². The van der Waals surface area contributed by atoms with Crippen LogP contribution in [0.4, 0.5) is 17.5 Å². The number of benzene rings is 2. The molecule has 14 heteroatoms. The summed E-state index contributed by atoms with van der Waals surface area (Å²) in [4.78, 5) is 46.7. The van der Waals surface area contributed by atoms with Crippen LogP contribution in [0.1, 0.15) is 48.9 Å². The number of rotatable bonds is 6. The zero-order chi connectivity index (χ0) is 32.9. The van der Waals surface area contributed by atoms with Crippen molar-refractivity contribution < 1.29 is 83.2 Å². The second-order valence-corrected chi connectivity index (χ2v) is 11.1. The predicted octanol–water partition coefficient (Wildman–Crippen LogP) is 1.38. The Hall–Kier alpha value is -3.38. The number of carbonyl (C=O) groups is 2. The van der Waals surface area contributed by atoms with E-state index in [4.69, 9.17) is 15.5 Å². The first-order chi connectivity index (χ1) is 22.9. The second-order valence-electron chi connectivity index (χ2n) is 11.1. The Labute approximate surface area is 345 Å². The molecule has 2 aromatic carbocycles. The number of fused-ring (bicyclic) bond motifs is 2. The van der Waals surface area contributed by atoms with Crippen LogP contribution in [0.25, 0.3) is 28.0 Å². The smallest absolute Gasteiger partial charge is 0.378 e. The Morgan fingerprint density at radius 3 is 2.33 bits per heavy atom. The summed E-state index contributed by atoms with van der Waals surface area (Å²) in [5.41, 5.74) is 12.7. The molecule has 5 aromatic rings. The average molecular weight is 783 g/mol. The van der Waals surface area contributed by atoms with Gasteiger partial charge in [-0.3, -0.25) is 9.59 Å². The van der Waals surface area contributed by atoms with Gasteiger partial charge >= 0.3 is 68.9 Å². The van der Waals surface area contributed by atoms with Crippen LogP contribution >= 0.6 is 0 Å². The molecule has 2 amide bonds. The van der Waals surface area contributed by atoms with Crippen molar-refractivity contribution >= 4 is 34.9 Å². The summed E-state index contributed by atoms with van der Waals surface area (Å²) in [7, 11) is 0. The second kappa shape index (κ2) is 17.5. The molecule has 5 heterocycles. The Bertz CT molecular complexity index is 1890. The van der Waals surface area contributed by atoms with Gasteiger partial charge in [0.2, 0.25) is 17.7 Å². The van der Waals surface area contributed by atoms with Crippen molar-refractivity contribution in [3.05, 3.63) is 85.4 Å². The zero-order valence-corrected chi connectivity index (χ0v) is 35.1. The molecular weight excluding hydrogens is 741 g/mol. The minimum Gasteiger partial charge on any atom is -0.378 e. The summed E-state index contributed by atoms with van der Waals surface area (Å²) in [6.45, 7) is 9.09. The van der Waals surface area contributed by atoms with E-state index in [1.165, 1.54) is 5.56 Å². The van der Waals surface area contributed by atoms with E-state index in [0.29, 0.717) is 55.6 Å². The van der Waals surface area contributed by atoms with Gasteiger partial charge in [0, 0.05) is 56.7 Å². The van der Waals surface area contributed by atoms with Crippen molar-refractivity contribution in [1.82, 2.24) is 34.9 Å². The van der Waals surface area contributed by atoms with Gasteiger partial charge in [0.05, 0.1) is 25.1 Å². The minimum atomic E-state index is -0.391. The third-order valence-corrected chi connectivity index (χ3v) is 8.10. The maximum atomic E-state index is 13.2. The van der Waals surface area contributed by atoms with Gasteiger partial charge in [-0.15, -0.1) is 5.10 Å². The summed E-state index contributed by atoms with van der Waals surface area (Å²) in [5, 5.41) is 7.44. The van der Waals surface area contributed by atoms with E-state index < -0.39 is 5.91 Å². The summed E-state index contributed by atoms with van der Waals surface area (Å²) >= 11 is 0. The van der Waals surface area contributed by atoms with Crippen molar-refractivity contribution in [1.29, 1.82) is 0 Å². The number of amides is 2. The fourth-order valence-corrected chi connectivity index (χ4v) is 5.75. The van der Waals surface area contributed by atoms with E-state index in [9.17, 15) is 9.59 Å². The molecule has 3 aromatic heterocycles. The maximum Gasteiger partial charge on any atom is 1.00 e. The van der Waals surface area contributed by atoms with E-state index in [2.05, 4.69) is 42.4 Å². The van der Waals surface area contributed by atoms with Crippen molar-refractivity contribution in [2.75, 3.05) is 48.4 Å². The molecule has 2 aliphatic rings. The average Bonchev–Trinajstić information content (AvgIpc) is 3.56. The number of aromatic nitrogens is 6. The zero-order valence-electron chi connectivity index (χ0n) is 28.8. The normalized spacial score (nSPS) is 13.7. The number of ether oxygens (including phenoxy) is 1. The Balaban J connectivity index is 0.00000133. The summed E-state index contributed by atoms with van der Waals surface area (Å²) in [5.74, 6) is 0.496. The van der Waals surface area contributed by atoms with E-state index in [1.807, 2.05) is 49.1 Å². The summed E-state index contributed by atoms with van der Waals surface area (Å²) in [6.07, 6.45) is 6.82. The van der Waals surface area contributed by atoms with Crippen LogP contribution in [-0.4, -0.2) is 74.2 Å². The minimum absolute atomic E-state index is 0. The molecule has 0 atom stereocenters. The molecule has 0 bridgehead atoms. The first-order valence-electron chi connectivity index (χ1n) is 15.9. The fourth-order valence-electron chi connectivity index (χ4n) is 5.75. The maximum absolute atomic E-state index is 13.2. The van der Waals surface area contributed by atoms with Crippen molar-refractivity contribution in [2.24, 2.45) is 0 Å². The number of hydrogen-bond donors (Lipinski definition) is 2. The molecule has 0 unspecified atom stereocenters. The number of aryl methyl sites for hydroxylation is 1. The number of nitrogens with two attached hydrogens (primary N) is 1. The van der Waals surface area contributed by atoms with E-state index in [-0.39, 0.29) is 94.0 Å². The van der Waals surface area contributed by atoms with Gasteiger partial charge < -0.3 is 33.0 Å². The molecular formula is C35H41CsN10O3. The van der Waals surface area contributed by atoms with Gasteiger partial charge in [-0.25, -0.2) is 19.5 Å². The van der Waals surface area contributed by atoms with Crippen molar-refractivity contribution in [3.8, 4) is 22.4 Å². The van der Waals surface area contributed by atoms with E-state index in [1.54, 1.807) is 30.0 Å². The number of anilines is 3. The van der Waals surface area contributed by atoms with Crippen LogP contribution in [0.2, 0.25) is 0 Å². The molecule has 13 nitrogen and oxygen atoms in total. The number of nitrogens with one attached hydrogen (secondary N) is 1. The van der Waals surface area contributed by atoms with Crippen LogP contribution in [-0.2, 0) is 22.5 Å². The van der Waals surface area contributed by atoms with Crippen molar-refractivity contribution in [2.45, 2.75) is 40.2 Å². The molecule has 2 aliphatic heterocycles. The molecule has 0 saturated carbocycles. The molecule has 0 radical (unpaired) electrons. The molecule has 7 rings (SSSR count). The van der Waals surface area contributed by atoms with Gasteiger partial charge in [0.25, 0.3) is 5.91 Å². The number of nitrogen functional groups attached to an aromatic ring is 1. The van der Waals surface area contributed by atoms with Crippen LogP contribution in [0.3, 0.4) is 0 Å². The van der Waals surface area contributed by atoms with Crippen molar-refractivity contribution in [3.63, 3.8) is 0 Å². The number of morpholine rings is 1. The van der Waals surface area contributed by atoms with E-state index >= 15 is 0 Å². The van der Waals surface area contributed by atoms with Crippen LogP contribution < -0.4 is 89.7 Å². The quantitative estimate of drug-likeness (QED) is 0.242. The first kappa shape index (κ1) is 38.4. The topological polar surface area (TPSA) is 157 Å². The molecule has 3 N–H and O–H groups in total.